The fourth-order valence-corrected chi connectivity index (χ4v) is 4.45. The molecule has 3 saturated carbocycles. The number of aromatic amines is 1. The van der Waals surface area contributed by atoms with Crippen LogP contribution in [-0.4, -0.2) is 28.1 Å². The molecule has 1 amide bonds. The van der Waals surface area contributed by atoms with Crippen LogP contribution in [0.2, 0.25) is 0 Å². The number of rotatable bonds is 5. The molecule has 3 unspecified atom stereocenters. The highest BCUT2D eigenvalue weighted by atomic mass is 19.1. The molecule has 3 aliphatic carbocycles. The van der Waals surface area contributed by atoms with Gasteiger partial charge in [0.2, 0.25) is 5.91 Å². The van der Waals surface area contributed by atoms with E-state index >= 15 is 0 Å². The van der Waals surface area contributed by atoms with Gasteiger partial charge in [0.1, 0.15) is 12.0 Å². The molecule has 2 N–H and O–H groups in total. The maximum atomic E-state index is 13.4. The number of alkyl halides is 1. The highest BCUT2D eigenvalue weighted by Gasteiger charge is 2.35. The lowest BCUT2D eigenvalue weighted by atomic mass is 9.76. The molecule has 0 aromatic carbocycles. The Morgan fingerprint density at radius 1 is 1.23 bits per heavy atom. The molecule has 3 fully saturated rings. The summed E-state index contributed by atoms with van der Waals surface area (Å²) in [6.45, 7) is 2.05. The largest absolute Gasteiger partial charge is 0.353 e. The fourth-order valence-electron chi connectivity index (χ4n) is 4.45. The van der Waals surface area contributed by atoms with Gasteiger partial charge in [-0.2, -0.15) is 0 Å². The van der Waals surface area contributed by atoms with Crippen molar-refractivity contribution in [3.05, 3.63) is 27.9 Å². The fraction of sp³-hybridized carbons (Fsp3) is 0.750. The summed E-state index contributed by atoms with van der Waals surface area (Å²) in [5.41, 5.74) is 0.804. The van der Waals surface area contributed by atoms with Gasteiger partial charge in [-0.1, -0.05) is 6.92 Å². The van der Waals surface area contributed by atoms with E-state index in [-0.39, 0.29) is 29.3 Å². The summed E-state index contributed by atoms with van der Waals surface area (Å²) in [6.07, 6.45) is 5.70. The van der Waals surface area contributed by atoms with Crippen LogP contribution >= 0.6 is 0 Å². The van der Waals surface area contributed by atoms with E-state index in [1.165, 1.54) is 0 Å². The third-order valence-corrected chi connectivity index (χ3v) is 6.40. The summed E-state index contributed by atoms with van der Waals surface area (Å²) in [7, 11) is 0. The Morgan fingerprint density at radius 3 is 2.69 bits per heavy atom. The van der Waals surface area contributed by atoms with Gasteiger partial charge in [-0.15, -0.1) is 0 Å². The smallest absolute Gasteiger partial charge is 0.251 e. The molecule has 0 spiro atoms. The number of hydrogen-bond donors (Lipinski definition) is 2. The van der Waals surface area contributed by atoms with E-state index in [4.69, 9.17) is 0 Å². The van der Waals surface area contributed by atoms with Crippen LogP contribution in [0.15, 0.2) is 10.9 Å². The number of nitrogens with zero attached hydrogens (tertiary/aromatic N) is 1. The SMILES string of the molecule is CC1CC(F)CCC1CC(=O)NC1CC(c2cc(=O)[nH]c(C3CC3)n2)C1. The zero-order valence-electron chi connectivity index (χ0n) is 15.3. The second-order valence-corrected chi connectivity index (χ2v) is 8.61. The number of carbonyl (C=O) groups excluding carboxylic acids is 1. The highest BCUT2D eigenvalue weighted by molar-refractivity contribution is 5.76. The van der Waals surface area contributed by atoms with Crippen molar-refractivity contribution in [2.45, 2.75) is 82.3 Å². The van der Waals surface area contributed by atoms with Crippen LogP contribution < -0.4 is 10.9 Å². The van der Waals surface area contributed by atoms with Gasteiger partial charge in [0.15, 0.2) is 0 Å². The van der Waals surface area contributed by atoms with Crippen molar-refractivity contribution in [3.8, 4) is 0 Å². The van der Waals surface area contributed by atoms with Crippen molar-refractivity contribution >= 4 is 5.91 Å². The molecule has 142 valence electrons. The first-order valence-electron chi connectivity index (χ1n) is 10.0. The molecular weight excluding hydrogens is 333 g/mol. The maximum Gasteiger partial charge on any atom is 0.251 e. The Hall–Kier alpha value is -1.72. The summed E-state index contributed by atoms with van der Waals surface area (Å²) in [5, 5.41) is 3.11. The molecule has 5 nitrogen and oxygen atoms in total. The van der Waals surface area contributed by atoms with Gasteiger partial charge in [-0.3, -0.25) is 9.59 Å². The Morgan fingerprint density at radius 2 is 2.00 bits per heavy atom. The van der Waals surface area contributed by atoms with Gasteiger partial charge in [0.05, 0.1) is 5.69 Å². The summed E-state index contributed by atoms with van der Waals surface area (Å²) in [4.78, 5) is 31.6. The lowest BCUT2D eigenvalue weighted by Gasteiger charge is -2.36. The van der Waals surface area contributed by atoms with Crippen molar-refractivity contribution in [1.29, 1.82) is 0 Å². The second-order valence-electron chi connectivity index (χ2n) is 8.61. The van der Waals surface area contributed by atoms with Crippen LogP contribution in [0.4, 0.5) is 4.39 Å². The Kier molecular flexibility index (Phi) is 4.84. The van der Waals surface area contributed by atoms with Crippen LogP contribution in [0.25, 0.3) is 0 Å². The zero-order chi connectivity index (χ0) is 18.3. The van der Waals surface area contributed by atoms with Crippen LogP contribution in [-0.2, 0) is 4.79 Å². The summed E-state index contributed by atoms with van der Waals surface area (Å²) in [5.74, 6) is 2.19. The average Bonchev–Trinajstić information content (AvgIpc) is 3.37. The quantitative estimate of drug-likeness (QED) is 0.846. The van der Waals surface area contributed by atoms with E-state index in [1.807, 2.05) is 0 Å². The Labute approximate surface area is 153 Å². The molecule has 3 aliphatic rings. The van der Waals surface area contributed by atoms with Crippen LogP contribution in [0.5, 0.6) is 0 Å². The molecule has 1 aromatic rings. The lowest BCUT2D eigenvalue weighted by molar-refractivity contribution is -0.124. The monoisotopic (exact) mass is 361 g/mol. The van der Waals surface area contributed by atoms with Crippen molar-refractivity contribution < 1.29 is 9.18 Å². The molecule has 0 aliphatic heterocycles. The molecule has 6 heteroatoms. The van der Waals surface area contributed by atoms with Gasteiger partial charge in [-0.25, -0.2) is 9.37 Å². The van der Waals surface area contributed by atoms with Crippen molar-refractivity contribution in [2.75, 3.05) is 0 Å². The zero-order valence-corrected chi connectivity index (χ0v) is 15.3. The molecule has 1 aromatic heterocycles. The minimum absolute atomic E-state index is 0.0677. The highest BCUT2D eigenvalue weighted by Crippen LogP contribution is 2.40. The summed E-state index contributed by atoms with van der Waals surface area (Å²) < 4.78 is 13.4. The topological polar surface area (TPSA) is 74.8 Å². The Bertz CT molecular complexity index is 724. The molecule has 0 saturated heterocycles. The summed E-state index contributed by atoms with van der Waals surface area (Å²) >= 11 is 0. The minimum Gasteiger partial charge on any atom is -0.353 e. The molecule has 26 heavy (non-hydrogen) atoms. The van der Waals surface area contributed by atoms with E-state index in [0.717, 1.165) is 43.6 Å². The van der Waals surface area contributed by atoms with Gasteiger partial charge >= 0.3 is 0 Å². The van der Waals surface area contributed by atoms with E-state index in [0.29, 0.717) is 31.1 Å². The third kappa shape index (κ3) is 3.99. The van der Waals surface area contributed by atoms with E-state index < -0.39 is 6.17 Å². The number of halogens is 1. The first kappa shape index (κ1) is 17.7. The first-order chi connectivity index (χ1) is 12.5. The lowest BCUT2D eigenvalue weighted by Crippen LogP contribution is -2.44. The van der Waals surface area contributed by atoms with Crippen LogP contribution in [0, 0.1) is 11.8 Å². The molecule has 0 radical (unpaired) electrons. The third-order valence-electron chi connectivity index (χ3n) is 6.40. The Balaban J connectivity index is 1.26. The number of carbonyl (C=O) groups is 1. The minimum atomic E-state index is -0.696. The molecule has 3 atom stereocenters. The van der Waals surface area contributed by atoms with Crippen LogP contribution in [0.1, 0.15) is 81.6 Å². The molecule has 4 rings (SSSR count). The number of nitrogens with one attached hydrogen (secondary N) is 2. The predicted octanol–water partition coefficient (Wildman–Crippen LogP) is 3.17. The molecular formula is C20H28FN3O2. The standard InChI is InChI=1S/C20H28FN3O2/c1-11-6-15(21)5-4-13(11)9-18(25)22-16-7-14(8-16)17-10-19(26)24-20(23-17)12-2-3-12/h10-16H,2-9H2,1H3,(H,22,25)(H,23,24,26). The van der Waals surface area contributed by atoms with Gasteiger partial charge in [0.25, 0.3) is 5.56 Å². The number of aromatic nitrogens is 2. The van der Waals surface area contributed by atoms with Crippen molar-refractivity contribution in [3.63, 3.8) is 0 Å². The van der Waals surface area contributed by atoms with Crippen molar-refractivity contribution in [1.82, 2.24) is 15.3 Å². The van der Waals surface area contributed by atoms with Gasteiger partial charge in [-0.05, 0) is 56.8 Å². The first-order valence-corrected chi connectivity index (χ1v) is 10.0. The summed E-state index contributed by atoms with van der Waals surface area (Å²) in [6, 6.07) is 1.77. The van der Waals surface area contributed by atoms with Crippen molar-refractivity contribution in [2.24, 2.45) is 11.8 Å². The van der Waals surface area contributed by atoms with Gasteiger partial charge in [0, 0.05) is 30.4 Å². The van der Waals surface area contributed by atoms with Gasteiger partial charge < -0.3 is 10.3 Å². The van der Waals surface area contributed by atoms with E-state index in [9.17, 15) is 14.0 Å². The average molecular weight is 361 g/mol. The number of H-pyrrole nitrogens is 1. The van der Waals surface area contributed by atoms with Crippen LogP contribution in [0.3, 0.4) is 0 Å². The molecule has 1 heterocycles. The maximum absolute atomic E-state index is 13.4. The second kappa shape index (κ2) is 7.12. The number of hydrogen-bond acceptors (Lipinski definition) is 3. The van der Waals surface area contributed by atoms with E-state index in [2.05, 4.69) is 22.2 Å². The number of amides is 1. The normalized spacial score (nSPS) is 34.2. The van der Waals surface area contributed by atoms with E-state index in [1.54, 1.807) is 6.07 Å². The predicted molar refractivity (Wildman–Crippen MR) is 96.8 cm³/mol. The molecule has 0 bridgehead atoms.